The number of carbonyl (C=O) groups is 2. The molecule has 168 valence electrons. The normalized spacial score (nSPS) is 13.7. The molecule has 0 aromatic heterocycles. The van der Waals surface area contributed by atoms with E-state index in [1.165, 1.54) is 12.1 Å². The van der Waals surface area contributed by atoms with E-state index in [0.717, 1.165) is 18.4 Å². The molecule has 0 aliphatic carbocycles. The van der Waals surface area contributed by atoms with Crippen LogP contribution in [0.5, 0.6) is 0 Å². The molecule has 0 radical (unpaired) electrons. The first-order valence-corrected chi connectivity index (χ1v) is 10.8. The van der Waals surface area contributed by atoms with Crippen LogP contribution in [0.3, 0.4) is 0 Å². The number of carbonyl (C=O) groups excluding carboxylic acids is 2. The number of nitrogens with two attached hydrogens (primary N) is 1. The lowest BCUT2D eigenvalue weighted by molar-refractivity contribution is -0.120. The smallest absolute Gasteiger partial charge is 0.338 e. The summed E-state index contributed by atoms with van der Waals surface area (Å²) in [5.41, 5.74) is 8.38. The average Bonchev–Trinajstić information content (AvgIpc) is 2.70. The highest BCUT2D eigenvalue weighted by Gasteiger charge is 2.24. The van der Waals surface area contributed by atoms with Crippen molar-refractivity contribution in [3.63, 3.8) is 0 Å². The maximum absolute atomic E-state index is 13.2. The summed E-state index contributed by atoms with van der Waals surface area (Å²) in [6.45, 7) is 10.1. The number of rotatable bonds is 9. The number of halogens is 1. The molecule has 0 aliphatic heterocycles. The van der Waals surface area contributed by atoms with E-state index in [9.17, 15) is 14.0 Å². The van der Waals surface area contributed by atoms with Gasteiger partial charge in [0.25, 0.3) is 0 Å². The standard InChI is InChI=1S/C26H34FNO3/c1-17(2)31-25(30)20-8-6-18(7-9-20)21(14-15-26(3,4)5)16-23(29)24(28)19-10-12-22(27)13-11-19/h6-13,17,21,24H,14-16,28H2,1-5H3/t21-,24?/m0/s1. The van der Waals surface area contributed by atoms with Crippen molar-refractivity contribution in [2.45, 2.75) is 71.9 Å². The minimum atomic E-state index is -0.793. The highest BCUT2D eigenvalue weighted by atomic mass is 19.1. The van der Waals surface area contributed by atoms with Gasteiger partial charge in [-0.2, -0.15) is 0 Å². The molecule has 0 saturated carbocycles. The molecule has 4 nitrogen and oxygen atoms in total. The molecule has 0 fully saturated rings. The zero-order chi connectivity index (χ0) is 23.2. The Hall–Kier alpha value is -2.53. The first-order valence-electron chi connectivity index (χ1n) is 10.8. The lowest BCUT2D eigenvalue weighted by atomic mass is 9.81. The van der Waals surface area contributed by atoms with Gasteiger partial charge in [0.05, 0.1) is 17.7 Å². The van der Waals surface area contributed by atoms with Crippen LogP contribution in [0.2, 0.25) is 0 Å². The molecular formula is C26H34FNO3. The van der Waals surface area contributed by atoms with Gasteiger partial charge in [0.1, 0.15) is 5.82 Å². The maximum Gasteiger partial charge on any atom is 0.338 e. The Morgan fingerprint density at radius 1 is 0.968 bits per heavy atom. The summed E-state index contributed by atoms with van der Waals surface area (Å²) in [6.07, 6.45) is 1.86. The van der Waals surface area contributed by atoms with E-state index in [4.69, 9.17) is 10.5 Å². The highest BCUT2D eigenvalue weighted by Crippen LogP contribution is 2.33. The number of hydrogen-bond acceptors (Lipinski definition) is 4. The van der Waals surface area contributed by atoms with Gasteiger partial charge < -0.3 is 10.5 Å². The third-order valence-electron chi connectivity index (χ3n) is 5.23. The molecule has 2 N–H and O–H groups in total. The fourth-order valence-electron chi connectivity index (χ4n) is 3.39. The third kappa shape index (κ3) is 7.91. The lowest BCUT2D eigenvalue weighted by Gasteiger charge is -2.24. The molecule has 2 aromatic carbocycles. The second-order valence-corrected chi connectivity index (χ2v) is 9.57. The molecule has 0 bridgehead atoms. The van der Waals surface area contributed by atoms with Crippen LogP contribution in [0.4, 0.5) is 4.39 Å². The molecule has 1 unspecified atom stereocenters. The van der Waals surface area contributed by atoms with Gasteiger partial charge in [-0.1, -0.05) is 45.0 Å². The summed E-state index contributed by atoms with van der Waals surface area (Å²) in [5, 5.41) is 0. The van der Waals surface area contributed by atoms with E-state index < -0.39 is 6.04 Å². The van der Waals surface area contributed by atoms with E-state index in [0.29, 0.717) is 11.1 Å². The van der Waals surface area contributed by atoms with Gasteiger partial charge in [-0.3, -0.25) is 4.79 Å². The van der Waals surface area contributed by atoms with Crippen LogP contribution in [-0.2, 0) is 9.53 Å². The van der Waals surface area contributed by atoms with Crippen molar-refractivity contribution >= 4 is 11.8 Å². The molecule has 5 heteroatoms. The number of Topliss-reactive ketones (excluding diaryl/α,β-unsaturated/α-hetero) is 1. The predicted octanol–water partition coefficient (Wildman–Crippen LogP) is 5.96. The fourth-order valence-corrected chi connectivity index (χ4v) is 3.39. The number of ketones is 1. The molecule has 0 spiro atoms. The summed E-state index contributed by atoms with van der Waals surface area (Å²) < 4.78 is 18.4. The fraction of sp³-hybridized carbons (Fsp3) is 0.462. The van der Waals surface area contributed by atoms with E-state index in [-0.39, 0.29) is 41.4 Å². The van der Waals surface area contributed by atoms with E-state index >= 15 is 0 Å². The highest BCUT2D eigenvalue weighted by molar-refractivity contribution is 5.89. The average molecular weight is 428 g/mol. The van der Waals surface area contributed by atoms with Crippen LogP contribution in [-0.4, -0.2) is 17.9 Å². The molecule has 0 saturated heterocycles. The van der Waals surface area contributed by atoms with Crippen molar-refractivity contribution in [3.8, 4) is 0 Å². The zero-order valence-corrected chi connectivity index (χ0v) is 19.2. The topological polar surface area (TPSA) is 69.4 Å². The molecule has 2 aromatic rings. The third-order valence-corrected chi connectivity index (χ3v) is 5.23. The van der Waals surface area contributed by atoms with Crippen molar-refractivity contribution in [1.82, 2.24) is 0 Å². The van der Waals surface area contributed by atoms with Crippen LogP contribution in [0.15, 0.2) is 48.5 Å². The molecule has 0 amide bonds. The van der Waals surface area contributed by atoms with E-state index in [1.807, 2.05) is 26.0 Å². The molecule has 2 rings (SSSR count). The summed E-state index contributed by atoms with van der Waals surface area (Å²) in [4.78, 5) is 25.1. The Morgan fingerprint density at radius 3 is 2.03 bits per heavy atom. The van der Waals surface area contributed by atoms with Crippen molar-refractivity contribution in [2.24, 2.45) is 11.1 Å². The number of esters is 1. The van der Waals surface area contributed by atoms with Gasteiger partial charge in [-0.25, -0.2) is 9.18 Å². The van der Waals surface area contributed by atoms with Gasteiger partial charge in [0.2, 0.25) is 0 Å². The van der Waals surface area contributed by atoms with Gasteiger partial charge >= 0.3 is 5.97 Å². The van der Waals surface area contributed by atoms with Crippen LogP contribution in [0, 0.1) is 11.2 Å². The number of benzene rings is 2. The van der Waals surface area contributed by atoms with Crippen LogP contribution >= 0.6 is 0 Å². The SMILES string of the molecule is CC(C)OC(=O)c1ccc([C@@H](CCC(C)(C)C)CC(=O)C(N)c2ccc(F)cc2)cc1. The summed E-state index contributed by atoms with van der Waals surface area (Å²) >= 11 is 0. The lowest BCUT2D eigenvalue weighted by Crippen LogP contribution is -2.23. The predicted molar refractivity (Wildman–Crippen MR) is 121 cm³/mol. The summed E-state index contributed by atoms with van der Waals surface area (Å²) in [5.74, 6) is -0.827. The van der Waals surface area contributed by atoms with Crippen LogP contribution < -0.4 is 5.73 Å². The maximum atomic E-state index is 13.2. The van der Waals surface area contributed by atoms with E-state index in [2.05, 4.69) is 20.8 Å². The Balaban J connectivity index is 2.19. The molecule has 2 atom stereocenters. The Labute approximate surface area is 185 Å². The van der Waals surface area contributed by atoms with Gasteiger partial charge in [0, 0.05) is 6.42 Å². The minimum Gasteiger partial charge on any atom is -0.459 e. The Bertz CT molecular complexity index is 867. The largest absolute Gasteiger partial charge is 0.459 e. The first-order chi connectivity index (χ1) is 14.5. The number of ether oxygens (including phenoxy) is 1. The summed E-state index contributed by atoms with van der Waals surface area (Å²) in [7, 11) is 0. The second-order valence-electron chi connectivity index (χ2n) is 9.57. The molecular weight excluding hydrogens is 393 g/mol. The Morgan fingerprint density at radius 2 is 1.52 bits per heavy atom. The molecule has 31 heavy (non-hydrogen) atoms. The van der Waals surface area contributed by atoms with Crippen molar-refractivity contribution in [1.29, 1.82) is 0 Å². The van der Waals surface area contributed by atoms with Gasteiger partial charge in [-0.15, -0.1) is 0 Å². The van der Waals surface area contributed by atoms with Gasteiger partial charge in [-0.05, 0) is 73.4 Å². The van der Waals surface area contributed by atoms with Gasteiger partial charge in [0.15, 0.2) is 5.78 Å². The monoisotopic (exact) mass is 427 g/mol. The minimum absolute atomic E-state index is 0.0200. The second kappa shape index (κ2) is 10.7. The number of hydrogen-bond donors (Lipinski definition) is 1. The first kappa shape index (κ1) is 24.7. The summed E-state index contributed by atoms with van der Waals surface area (Å²) in [6, 6.07) is 12.2. The Kier molecular flexibility index (Phi) is 8.52. The molecule has 0 aliphatic rings. The molecule has 0 heterocycles. The van der Waals surface area contributed by atoms with Crippen LogP contribution in [0.1, 0.15) is 87.3 Å². The zero-order valence-electron chi connectivity index (χ0n) is 19.2. The quantitative estimate of drug-likeness (QED) is 0.501. The van der Waals surface area contributed by atoms with Crippen molar-refractivity contribution in [3.05, 3.63) is 71.0 Å². The van der Waals surface area contributed by atoms with Crippen LogP contribution in [0.25, 0.3) is 0 Å². The van der Waals surface area contributed by atoms with Crippen molar-refractivity contribution < 1.29 is 18.7 Å². The van der Waals surface area contributed by atoms with Crippen molar-refractivity contribution in [2.75, 3.05) is 0 Å². The van der Waals surface area contributed by atoms with E-state index in [1.54, 1.807) is 24.3 Å².